The van der Waals surface area contributed by atoms with Crippen LogP contribution in [0.2, 0.25) is 0 Å². The minimum atomic E-state index is -1.68. The van der Waals surface area contributed by atoms with Crippen LogP contribution in [0.1, 0.15) is 13.8 Å². The van der Waals surface area contributed by atoms with Crippen molar-refractivity contribution < 1.29 is 44.5 Å². The predicted octanol–water partition coefficient (Wildman–Crippen LogP) is 1.38. The Morgan fingerprint density at radius 2 is 1.58 bits per heavy atom. The first-order valence-electron chi connectivity index (χ1n) is 9.27. The number of hydrogen-bond donors (Lipinski definition) is 6. The number of aliphatic hydroxyl groups excluding tert-OH is 3. The van der Waals surface area contributed by atoms with E-state index in [0.717, 1.165) is 12.1 Å². The zero-order chi connectivity index (χ0) is 22.9. The van der Waals surface area contributed by atoms with Gasteiger partial charge in [-0.25, -0.2) is 0 Å². The summed E-state index contributed by atoms with van der Waals surface area (Å²) in [5, 5.41) is 58.7. The maximum atomic E-state index is 13.2. The first-order chi connectivity index (χ1) is 14.6. The van der Waals surface area contributed by atoms with Crippen LogP contribution in [-0.4, -0.2) is 55.4 Å². The Labute approximate surface area is 175 Å². The third-order valence-corrected chi connectivity index (χ3v) is 4.39. The van der Waals surface area contributed by atoms with Crippen molar-refractivity contribution in [2.75, 3.05) is 0 Å². The van der Waals surface area contributed by atoms with Gasteiger partial charge in [0, 0.05) is 17.7 Å². The van der Waals surface area contributed by atoms with Crippen molar-refractivity contribution in [1.82, 2.24) is 0 Å². The van der Waals surface area contributed by atoms with Crippen molar-refractivity contribution in [1.29, 1.82) is 0 Å². The van der Waals surface area contributed by atoms with E-state index in [0.29, 0.717) is 0 Å². The highest BCUT2D eigenvalue weighted by Gasteiger charge is 2.31. The molecule has 0 amide bonds. The first kappa shape index (κ1) is 22.4. The van der Waals surface area contributed by atoms with E-state index in [-0.39, 0.29) is 33.8 Å². The molecule has 4 atom stereocenters. The Bertz CT molecular complexity index is 1120. The van der Waals surface area contributed by atoms with E-state index in [4.69, 9.17) is 13.9 Å². The molecule has 4 unspecified atom stereocenters. The van der Waals surface area contributed by atoms with E-state index in [2.05, 4.69) is 0 Å². The fourth-order valence-corrected chi connectivity index (χ4v) is 2.89. The lowest BCUT2D eigenvalue weighted by molar-refractivity contribution is -0.235. The summed E-state index contributed by atoms with van der Waals surface area (Å²) in [7, 11) is 0. The van der Waals surface area contributed by atoms with E-state index in [9.17, 15) is 35.4 Å². The molecular weight excluding hydrogens is 412 g/mol. The smallest absolute Gasteiger partial charge is 0.239 e. The Kier molecular flexibility index (Phi) is 6.37. The highest BCUT2D eigenvalue weighted by Crippen LogP contribution is 2.36. The standard InChI is InChI=1S/C21H22O10/c1-9(22)17(27)21(29-10(2)23)31-20-18(28)16-14(26)7-13(25)8-15(16)30-19(20)11-3-5-12(24)6-4-11/h3-10,17,21-27H,1-2H3. The van der Waals surface area contributed by atoms with Gasteiger partial charge in [-0.3, -0.25) is 4.79 Å². The van der Waals surface area contributed by atoms with Crippen LogP contribution in [0.5, 0.6) is 23.0 Å². The lowest BCUT2D eigenvalue weighted by Gasteiger charge is -2.27. The van der Waals surface area contributed by atoms with Gasteiger partial charge in [-0.2, -0.15) is 0 Å². The third-order valence-electron chi connectivity index (χ3n) is 4.39. The van der Waals surface area contributed by atoms with Gasteiger partial charge in [-0.15, -0.1) is 0 Å². The van der Waals surface area contributed by atoms with Gasteiger partial charge in [0.15, 0.2) is 12.1 Å². The highest BCUT2D eigenvalue weighted by molar-refractivity contribution is 5.88. The van der Waals surface area contributed by atoms with Crippen molar-refractivity contribution in [2.45, 2.75) is 38.6 Å². The predicted molar refractivity (Wildman–Crippen MR) is 108 cm³/mol. The monoisotopic (exact) mass is 434 g/mol. The van der Waals surface area contributed by atoms with Crippen LogP contribution >= 0.6 is 0 Å². The number of fused-ring (bicyclic) bond motifs is 1. The van der Waals surface area contributed by atoms with Gasteiger partial charge in [-0.05, 0) is 38.1 Å². The molecule has 0 bridgehead atoms. The largest absolute Gasteiger partial charge is 0.508 e. The second kappa shape index (κ2) is 8.82. The molecule has 0 saturated heterocycles. The molecule has 166 valence electrons. The molecular formula is C21H22O10. The van der Waals surface area contributed by atoms with Gasteiger partial charge < -0.3 is 44.5 Å². The van der Waals surface area contributed by atoms with Gasteiger partial charge in [-0.1, -0.05) is 0 Å². The second-order valence-electron chi connectivity index (χ2n) is 6.93. The molecule has 31 heavy (non-hydrogen) atoms. The van der Waals surface area contributed by atoms with E-state index in [1.165, 1.54) is 38.1 Å². The number of aliphatic hydroxyl groups is 3. The molecule has 0 aliphatic heterocycles. The zero-order valence-electron chi connectivity index (χ0n) is 16.6. The molecule has 6 N–H and O–H groups in total. The van der Waals surface area contributed by atoms with Gasteiger partial charge in [0.05, 0.1) is 6.10 Å². The SMILES string of the molecule is CC(O)OC(Oc1c(-c2ccc(O)cc2)oc2cc(O)cc(O)c2c1=O)C(O)C(C)O. The quantitative estimate of drug-likeness (QED) is 0.299. The van der Waals surface area contributed by atoms with Crippen LogP contribution in [0.25, 0.3) is 22.3 Å². The lowest BCUT2D eigenvalue weighted by Crippen LogP contribution is -2.43. The molecule has 10 nitrogen and oxygen atoms in total. The fraction of sp³-hybridized carbons (Fsp3) is 0.286. The van der Waals surface area contributed by atoms with Crippen LogP contribution in [0.3, 0.4) is 0 Å². The maximum absolute atomic E-state index is 13.2. The van der Waals surface area contributed by atoms with Crippen molar-refractivity contribution in [3.05, 3.63) is 46.6 Å². The summed E-state index contributed by atoms with van der Waals surface area (Å²) in [5.74, 6) is -1.64. The van der Waals surface area contributed by atoms with Crippen LogP contribution in [0.4, 0.5) is 0 Å². The number of phenols is 3. The molecule has 10 heteroatoms. The number of phenolic OH excluding ortho intramolecular Hbond substituents is 3. The molecule has 2 aromatic carbocycles. The topological polar surface area (TPSA) is 170 Å². The molecule has 0 fully saturated rings. The first-order valence-corrected chi connectivity index (χ1v) is 9.27. The van der Waals surface area contributed by atoms with E-state index in [1.54, 1.807) is 0 Å². The molecule has 1 aromatic heterocycles. The summed E-state index contributed by atoms with van der Waals surface area (Å²) < 4.78 is 16.4. The van der Waals surface area contributed by atoms with Crippen LogP contribution in [-0.2, 0) is 4.74 Å². The number of ether oxygens (including phenoxy) is 2. The fourth-order valence-electron chi connectivity index (χ4n) is 2.89. The van der Waals surface area contributed by atoms with Gasteiger partial charge in [0.25, 0.3) is 0 Å². The van der Waals surface area contributed by atoms with Gasteiger partial charge >= 0.3 is 0 Å². The average Bonchev–Trinajstić information content (AvgIpc) is 2.68. The minimum Gasteiger partial charge on any atom is -0.508 e. The van der Waals surface area contributed by atoms with Crippen molar-refractivity contribution >= 4 is 11.0 Å². The maximum Gasteiger partial charge on any atom is 0.239 e. The molecule has 0 spiro atoms. The number of hydrogen-bond acceptors (Lipinski definition) is 10. The Morgan fingerprint density at radius 1 is 0.935 bits per heavy atom. The van der Waals surface area contributed by atoms with Crippen molar-refractivity contribution in [3.63, 3.8) is 0 Å². The summed E-state index contributed by atoms with van der Waals surface area (Å²) >= 11 is 0. The Morgan fingerprint density at radius 3 is 2.16 bits per heavy atom. The van der Waals surface area contributed by atoms with Gasteiger partial charge in [0.1, 0.15) is 34.3 Å². The lowest BCUT2D eigenvalue weighted by atomic mass is 10.1. The van der Waals surface area contributed by atoms with E-state index >= 15 is 0 Å². The normalized spacial score (nSPS) is 15.4. The molecule has 0 radical (unpaired) electrons. The molecule has 0 saturated carbocycles. The van der Waals surface area contributed by atoms with Crippen LogP contribution in [0, 0.1) is 0 Å². The summed E-state index contributed by atoms with van der Waals surface area (Å²) in [6.07, 6.45) is -6.12. The van der Waals surface area contributed by atoms with Crippen molar-refractivity contribution in [2.24, 2.45) is 0 Å². The van der Waals surface area contributed by atoms with Crippen LogP contribution in [0.15, 0.2) is 45.6 Å². The van der Waals surface area contributed by atoms with Gasteiger partial charge in [0.2, 0.25) is 17.5 Å². The summed E-state index contributed by atoms with van der Waals surface area (Å²) in [5.41, 5.74) is -0.738. The molecule has 3 rings (SSSR count). The molecule has 1 heterocycles. The molecule has 0 aliphatic rings. The van der Waals surface area contributed by atoms with E-state index in [1.807, 2.05) is 0 Å². The number of rotatable bonds is 7. The Hall–Kier alpha value is -3.31. The summed E-state index contributed by atoms with van der Waals surface area (Å²) in [6, 6.07) is 7.57. The summed E-state index contributed by atoms with van der Waals surface area (Å²) in [6.45, 7) is 2.49. The van der Waals surface area contributed by atoms with E-state index < -0.39 is 41.7 Å². The second-order valence-corrected chi connectivity index (χ2v) is 6.93. The minimum absolute atomic E-state index is 0.0514. The average molecular weight is 434 g/mol. The summed E-state index contributed by atoms with van der Waals surface area (Å²) in [4.78, 5) is 13.2. The third kappa shape index (κ3) is 4.72. The molecule has 0 aliphatic carbocycles. The Balaban J connectivity index is 2.26. The van der Waals surface area contributed by atoms with Crippen molar-refractivity contribution in [3.8, 4) is 34.3 Å². The highest BCUT2D eigenvalue weighted by atomic mass is 16.7. The zero-order valence-corrected chi connectivity index (χ0v) is 16.6. The number of benzene rings is 2. The van der Waals surface area contributed by atoms with Crippen LogP contribution < -0.4 is 10.2 Å². The molecule has 3 aromatic rings. The number of aromatic hydroxyl groups is 3.